The second-order valence-electron chi connectivity index (χ2n) is 5.30. The van der Waals surface area contributed by atoms with Gasteiger partial charge in [-0.3, -0.25) is 9.59 Å². The first kappa shape index (κ1) is 17.0. The average molecular weight is 355 g/mol. The second kappa shape index (κ2) is 7.85. The van der Waals surface area contributed by atoms with Gasteiger partial charge in [0.1, 0.15) is 16.7 Å². The molecule has 0 bridgehead atoms. The average Bonchev–Trinajstić information content (AvgIpc) is 2.95. The van der Waals surface area contributed by atoms with Crippen molar-refractivity contribution in [2.24, 2.45) is 4.99 Å². The molecule has 0 radical (unpaired) electrons. The molecule has 0 aliphatic carbocycles. The summed E-state index contributed by atoms with van der Waals surface area (Å²) >= 11 is 1.24. The van der Waals surface area contributed by atoms with E-state index in [0.29, 0.717) is 22.3 Å². The van der Waals surface area contributed by atoms with Gasteiger partial charge in [0.2, 0.25) is 11.8 Å². The van der Waals surface area contributed by atoms with Gasteiger partial charge in [0, 0.05) is 12.1 Å². The van der Waals surface area contributed by atoms with E-state index < -0.39 is 5.25 Å². The molecule has 1 aliphatic heterocycles. The Morgan fingerprint density at radius 3 is 2.68 bits per heavy atom. The number of thioether (sulfide) groups is 1. The largest absolute Gasteiger partial charge is 0.494 e. The molecule has 2 amide bonds. The molecule has 2 aromatic carbocycles. The van der Waals surface area contributed by atoms with Crippen LogP contribution in [0.1, 0.15) is 6.42 Å². The minimum Gasteiger partial charge on any atom is -0.494 e. The summed E-state index contributed by atoms with van der Waals surface area (Å²) in [5, 5.41) is 5.45. The number of ether oxygens (including phenoxy) is 1. The molecule has 6 nitrogen and oxygen atoms in total. The molecular formula is C18H17N3O3S. The summed E-state index contributed by atoms with van der Waals surface area (Å²) in [6.07, 6.45) is 0.0797. The topological polar surface area (TPSA) is 79.8 Å². The third-order valence-electron chi connectivity index (χ3n) is 3.51. The lowest BCUT2D eigenvalue weighted by atomic mass is 10.2. The molecule has 1 saturated heterocycles. The summed E-state index contributed by atoms with van der Waals surface area (Å²) in [5.74, 6) is 0.189. The van der Waals surface area contributed by atoms with Gasteiger partial charge in [-0.1, -0.05) is 42.1 Å². The number of nitrogens with zero attached hydrogens (tertiary/aromatic N) is 1. The van der Waals surface area contributed by atoms with Crippen LogP contribution in [0.4, 0.5) is 11.4 Å². The van der Waals surface area contributed by atoms with Gasteiger partial charge in [-0.2, -0.15) is 0 Å². The van der Waals surface area contributed by atoms with Crippen LogP contribution in [-0.2, 0) is 9.59 Å². The Morgan fingerprint density at radius 1 is 1.20 bits per heavy atom. The number of anilines is 1. The summed E-state index contributed by atoms with van der Waals surface area (Å²) in [5.41, 5.74) is 1.33. The Bertz CT molecular complexity index is 808. The van der Waals surface area contributed by atoms with E-state index in [-0.39, 0.29) is 18.2 Å². The molecule has 1 aliphatic rings. The highest BCUT2D eigenvalue weighted by molar-refractivity contribution is 8.15. The summed E-state index contributed by atoms with van der Waals surface area (Å²) in [6.45, 7) is 0. The van der Waals surface area contributed by atoms with Crippen molar-refractivity contribution in [1.82, 2.24) is 5.32 Å². The molecule has 2 aromatic rings. The van der Waals surface area contributed by atoms with Crippen LogP contribution in [0.25, 0.3) is 0 Å². The van der Waals surface area contributed by atoms with Gasteiger partial charge in [0.05, 0.1) is 7.11 Å². The molecule has 25 heavy (non-hydrogen) atoms. The fourth-order valence-electron chi connectivity index (χ4n) is 2.33. The molecule has 0 spiro atoms. The third-order valence-corrected chi connectivity index (χ3v) is 4.59. The van der Waals surface area contributed by atoms with Crippen LogP contribution in [0, 0.1) is 0 Å². The number of hydrogen-bond acceptors (Lipinski definition) is 5. The van der Waals surface area contributed by atoms with Crippen molar-refractivity contribution in [2.75, 3.05) is 12.4 Å². The number of amides is 2. The van der Waals surface area contributed by atoms with E-state index in [1.54, 1.807) is 31.4 Å². The third kappa shape index (κ3) is 4.39. The van der Waals surface area contributed by atoms with Crippen molar-refractivity contribution in [1.29, 1.82) is 0 Å². The maximum absolute atomic E-state index is 12.1. The molecular weight excluding hydrogens is 338 g/mol. The summed E-state index contributed by atoms with van der Waals surface area (Å²) in [7, 11) is 1.57. The van der Waals surface area contributed by atoms with E-state index in [4.69, 9.17) is 4.74 Å². The smallest absolute Gasteiger partial charge is 0.240 e. The Balaban J connectivity index is 1.64. The number of aliphatic imine (C=N–C) groups is 1. The molecule has 1 heterocycles. The first-order valence-corrected chi connectivity index (χ1v) is 8.58. The van der Waals surface area contributed by atoms with E-state index >= 15 is 0 Å². The first-order valence-electron chi connectivity index (χ1n) is 7.70. The molecule has 0 unspecified atom stereocenters. The number of rotatable bonds is 5. The lowest BCUT2D eigenvalue weighted by Gasteiger charge is -2.07. The predicted molar refractivity (Wildman–Crippen MR) is 99.3 cm³/mol. The zero-order chi connectivity index (χ0) is 17.6. The van der Waals surface area contributed by atoms with Crippen LogP contribution in [-0.4, -0.2) is 29.3 Å². The van der Waals surface area contributed by atoms with Crippen LogP contribution in [0.3, 0.4) is 0 Å². The highest BCUT2D eigenvalue weighted by atomic mass is 32.2. The number of para-hydroxylation sites is 3. The quantitative estimate of drug-likeness (QED) is 0.864. The maximum Gasteiger partial charge on any atom is 0.240 e. The molecule has 1 atom stereocenters. The van der Waals surface area contributed by atoms with Gasteiger partial charge >= 0.3 is 0 Å². The summed E-state index contributed by atoms with van der Waals surface area (Å²) in [4.78, 5) is 28.6. The Kier molecular flexibility index (Phi) is 5.35. The standard InChI is InChI=1S/C18H17N3O3S/c1-24-14-10-6-5-9-13(14)20-18-21-17(23)15(25-18)11-16(22)19-12-7-3-2-4-8-12/h2-10,15H,11H2,1H3,(H,19,22)(H,20,21,23)/t15-/m1/s1. The zero-order valence-corrected chi connectivity index (χ0v) is 14.4. The van der Waals surface area contributed by atoms with Crippen molar-refractivity contribution in [3.05, 3.63) is 54.6 Å². The number of carbonyl (C=O) groups is 2. The van der Waals surface area contributed by atoms with Crippen molar-refractivity contribution in [3.8, 4) is 5.75 Å². The number of hydrogen-bond donors (Lipinski definition) is 2. The zero-order valence-electron chi connectivity index (χ0n) is 13.6. The Labute approximate surface area is 149 Å². The van der Waals surface area contributed by atoms with Crippen LogP contribution in [0.5, 0.6) is 5.75 Å². The SMILES string of the molecule is COc1ccccc1N=C1NC(=O)[C@@H](CC(=O)Nc2ccccc2)S1. The van der Waals surface area contributed by atoms with Gasteiger partial charge in [0.25, 0.3) is 0 Å². The minimum absolute atomic E-state index is 0.0797. The van der Waals surface area contributed by atoms with Gasteiger partial charge in [-0.15, -0.1) is 0 Å². The molecule has 3 rings (SSSR count). The van der Waals surface area contributed by atoms with E-state index in [9.17, 15) is 9.59 Å². The number of amidine groups is 1. The van der Waals surface area contributed by atoms with Gasteiger partial charge in [0.15, 0.2) is 5.17 Å². The molecule has 128 valence electrons. The molecule has 0 saturated carbocycles. The lowest BCUT2D eigenvalue weighted by Crippen LogP contribution is -2.28. The number of methoxy groups -OCH3 is 1. The van der Waals surface area contributed by atoms with Gasteiger partial charge in [-0.25, -0.2) is 4.99 Å². The fourth-order valence-corrected chi connectivity index (χ4v) is 3.31. The Hall–Kier alpha value is -2.80. The highest BCUT2D eigenvalue weighted by Gasteiger charge is 2.32. The van der Waals surface area contributed by atoms with Crippen molar-refractivity contribution >= 4 is 40.1 Å². The van der Waals surface area contributed by atoms with E-state index in [1.807, 2.05) is 30.3 Å². The molecule has 0 aromatic heterocycles. The van der Waals surface area contributed by atoms with Crippen molar-refractivity contribution in [2.45, 2.75) is 11.7 Å². The minimum atomic E-state index is -0.503. The van der Waals surface area contributed by atoms with Crippen LogP contribution < -0.4 is 15.4 Å². The van der Waals surface area contributed by atoms with E-state index in [0.717, 1.165) is 0 Å². The predicted octanol–water partition coefficient (Wildman–Crippen LogP) is 2.94. The molecule has 7 heteroatoms. The van der Waals surface area contributed by atoms with Crippen molar-refractivity contribution < 1.29 is 14.3 Å². The normalized spacial score (nSPS) is 18.0. The number of carbonyl (C=O) groups excluding carboxylic acids is 2. The fraction of sp³-hybridized carbons (Fsp3) is 0.167. The lowest BCUT2D eigenvalue weighted by molar-refractivity contribution is -0.122. The summed E-state index contributed by atoms with van der Waals surface area (Å²) < 4.78 is 5.25. The maximum atomic E-state index is 12.1. The monoisotopic (exact) mass is 355 g/mol. The van der Waals surface area contributed by atoms with Crippen LogP contribution in [0.15, 0.2) is 59.6 Å². The Morgan fingerprint density at radius 2 is 1.92 bits per heavy atom. The van der Waals surface area contributed by atoms with Crippen LogP contribution in [0.2, 0.25) is 0 Å². The molecule has 2 N–H and O–H groups in total. The second-order valence-corrected chi connectivity index (χ2v) is 6.49. The molecule has 1 fully saturated rings. The van der Waals surface area contributed by atoms with Gasteiger partial charge < -0.3 is 15.4 Å². The summed E-state index contributed by atoms with van der Waals surface area (Å²) in [6, 6.07) is 16.4. The van der Waals surface area contributed by atoms with E-state index in [1.165, 1.54) is 11.8 Å². The van der Waals surface area contributed by atoms with E-state index in [2.05, 4.69) is 15.6 Å². The van der Waals surface area contributed by atoms with Crippen LogP contribution >= 0.6 is 11.8 Å². The van der Waals surface area contributed by atoms with Crippen molar-refractivity contribution in [3.63, 3.8) is 0 Å². The highest BCUT2D eigenvalue weighted by Crippen LogP contribution is 2.30. The first-order chi connectivity index (χ1) is 12.2. The number of nitrogens with one attached hydrogen (secondary N) is 2. The van der Waals surface area contributed by atoms with Gasteiger partial charge in [-0.05, 0) is 24.3 Å². The number of benzene rings is 2.